The van der Waals surface area contributed by atoms with E-state index < -0.39 is 0 Å². The number of benzene rings is 2. The number of thioether (sulfide) groups is 1. The van der Waals surface area contributed by atoms with Crippen LogP contribution < -0.4 is 10.6 Å². The summed E-state index contributed by atoms with van der Waals surface area (Å²) in [5.41, 5.74) is 2.27. The van der Waals surface area contributed by atoms with Crippen LogP contribution in [0.15, 0.2) is 47.4 Å². The number of hydrogen-bond donors (Lipinski definition) is 2. The third kappa shape index (κ3) is 4.94. The van der Waals surface area contributed by atoms with Crippen molar-refractivity contribution in [1.29, 1.82) is 0 Å². The molecule has 2 amide bonds. The molecule has 1 aromatic heterocycles. The summed E-state index contributed by atoms with van der Waals surface area (Å²) in [5, 5.41) is 7.22. The number of aromatic nitrogens is 1. The highest BCUT2D eigenvalue weighted by Crippen LogP contribution is 2.49. The average Bonchev–Trinajstić information content (AvgIpc) is 3.52. The second-order valence-electron chi connectivity index (χ2n) is 9.35. The molecule has 7 heteroatoms. The molecule has 2 fully saturated rings. The molecule has 2 saturated carbocycles. The highest BCUT2D eigenvalue weighted by atomic mass is 32.2. The van der Waals surface area contributed by atoms with Crippen molar-refractivity contribution in [1.82, 2.24) is 10.3 Å². The van der Waals surface area contributed by atoms with E-state index in [9.17, 15) is 9.59 Å². The first-order chi connectivity index (χ1) is 16.0. The van der Waals surface area contributed by atoms with Gasteiger partial charge in [0.1, 0.15) is 0 Å². The summed E-state index contributed by atoms with van der Waals surface area (Å²) in [6.45, 7) is 4.13. The van der Waals surface area contributed by atoms with Gasteiger partial charge in [-0.2, -0.15) is 0 Å². The van der Waals surface area contributed by atoms with Crippen molar-refractivity contribution in [2.75, 3.05) is 11.1 Å². The molecule has 1 heterocycles. The van der Waals surface area contributed by atoms with Gasteiger partial charge in [-0.15, -0.1) is 23.1 Å². The van der Waals surface area contributed by atoms with Crippen LogP contribution in [-0.4, -0.2) is 28.6 Å². The first-order valence-corrected chi connectivity index (χ1v) is 13.5. The lowest BCUT2D eigenvalue weighted by Crippen LogP contribution is -2.40. The minimum atomic E-state index is -0.172. The standard InChI is InChI=1S/C26H29N3O2S2/c1-15(21-12-17-7-8-18(21)11-17)27-25(30)14-32-23-6-4-3-5-20(23)26(31)29-19-9-10-22-24(13-19)33-16(2)28-22/h3-6,9-10,13,15,17-18,21H,7-8,11-12,14H2,1-2H3,(H,27,30)(H,29,31). The largest absolute Gasteiger partial charge is 0.353 e. The van der Waals surface area contributed by atoms with Crippen LogP contribution in [0, 0.1) is 24.7 Å². The molecule has 33 heavy (non-hydrogen) atoms. The quantitative estimate of drug-likeness (QED) is 0.415. The number of carbonyl (C=O) groups is 2. The van der Waals surface area contributed by atoms with E-state index in [2.05, 4.69) is 22.5 Å². The molecule has 3 aromatic rings. The van der Waals surface area contributed by atoms with Gasteiger partial charge in [0.15, 0.2) is 0 Å². The lowest BCUT2D eigenvalue weighted by molar-refractivity contribution is -0.119. The topological polar surface area (TPSA) is 71.1 Å². The van der Waals surface area contributed by atoms with Gasteiger partial charge in [0.05, 0.1) is 26.5 Å². The van der Waals surface area contributed by atoms with Crippen LogP contribution in [0.25, 0.3) is 10.2 Å². The van der Waals surface area contributed by atoms with Crippen LogP contribution in [0.5, 0.6) is 0 Å². The lowest BCUT2D eigenvalue weighted by atomic mass is 9.84. The molecule has 2 aliphatic rings. The summed E-state index contributed by atoms with van der Waals surface area (Å²) in [6, 6.07) is 13.4. The van der Waals surface area contributed by atoms with Gasteiger partial charge in [-0.25, -0.2) is 4.98 Å². The maximum Gasteiger partial charge on any atom is 0.256 e. The Morgan fingerprint density at radius 2 is 2.03 bits per heavy atom. The summed E-state index contributed by atoms with van der Waals surface area (Å²) in [7, 11) is 0. The van der Waals surface area contributed by atoms with Gasteiger partial charge in [0, 0.05) is 16.6 Å². The molecule has 2 aromatic carbocycles. The molecule has 0 aliphatic heterocycles. The third-order valence-electron chi connectivity index (χ3n) is 7.07. The summed E-state index contributed by atoms with van der Waals surface area (Å²) < 4.78 is 1.05. The molecule has 5 rings (SSSR count). The highest BCUT2D eigenvalue weighted by Gasteiger charge is 2.42. The molecule has 0 saturated heterocycles. The highest BCUT2D eigenvalue weighted by molar-refractivity contribution is 8.00. The first-order valence-electron chi connectivity index (χ1n) is 11.7. The van der Waals surface area contributed by atoms with E-state index in [0.717, 1.165) is 37.6 Å². The lowest BCUT2D eigenvalue weighted by Gasteiger charge is -2.28. The second kappa shape index (κ2) is 9.47. The fourth-order valence-electron chi connectivity index (χ4n) is 5.55. The van der Waals surface area contributed by atoms with Crippen LogP contribution in [0.2, 0.25) is 0 Å². The van der Waals surface area contributed by atoms with Crippen LogP contribution in [0.4, 0.5) is 5.69 Å². The number of nitrogens with zero attached hydrogens (tertiary/aromatic N) is 1. The van der Waals surface area contributed by atoms with Crippen molar-refractivity contribution < 1.29 is 9.59 Å². The van der Waals surface area contributed by atoms with E-state index in [1.165, 1.54) is 37.4 Å². The average molecular weight is 480 g/mol. The molecule has 2 bridgehead atoms. The summed E-state index contributed by atoms with van der Waals surface area (Å²) in [6.07, 6.45) is 5.30. The molecule has 5 nitrogen and oxygen atoms in total. The van der Waals surface area contributed by atoms with E-state index >= 15 is 0 Å². The molecular weight excluding hydrogens is 450 g/mol. The molecule has 0 spiro atoms. The van der Waals surface area contributed by atoms with Crippen LogP contribution in [-0.2, 0) is 4.79 Å². The van der Waals surface area contributed by atoms with Crippen molar-refractivity contribution in [2.24, 2.45) is 17.8 Å². The fraction of sp³-hybridized carbons (Fsp3) is 0.423. The second-order valence-corrected chi connectivity index (χ2v) is 11.6. The Balaban J connectivity index is 1.20. The van der Waals surface area contributed by atoms with Crippen LogP contribution >= 0.6 is 23.1 Å². The maximum atomic E-state index is 13.0. The smallest absolute Gasteiger partial charge is 0.256 e. The Hall–Kier alpha value is -2.38. The Bertz CT molecular complexity index is 1190. The van der Waals surface area contributed by atoms with Gasteiger partial charge in [0.25, 0.3) is 5.91 Å². The molecule has 2 N–H and O–H groups in total. The van der Waals surface area contributed by atoms with Crippen molar-refractivity contribution in [2.45, 2.75) is 50.5 Å². The SMILES string of the molecule is Cc1nc2ccc(NC(=O)c3ccccc3SCC(=O)NC(C)C3CC4CCC3C4)cc2s1. The fourth-order valence-corrected chi connectivity index (χ4v) is 7.28. The normalized spacial score (nSPS) is 22.4. The number of rotatable bonds is 7. The Labute approximate surface area is 202 Å². The van der Waals surface area contributed by atoms with Crippen molar-refractivity contribution in [3.8, 4) is 0 Å². The van der Waals surface area contributed by atoms with E-state index in [1.54, 1.807) is 11.3 Å². The van der Waals surface area contributed by atoms with Gasteiger partial charge in [-0.3, -0.25) is 9.59 Å². The predicted molar refractivity (Wildman–Crippen MR) is 136 cm³/mol. The van der Waals surface area contributed by atoms with Crippen LogP contribution in [0.1, 0.15) is 48.0 Å². The van der Waals surface area contributed by atoms with E-state index in [-0.39, 0.29) is 17.9 Å². The number of amides is 2. The number of thiazole rings is 1. The van der Waals surface area contributed by atoms with Crippen molar-refractivity contribution in [3.05, 3.63) is 53.0 Å². The molecule has 4 atom stereocenters. The molecule has 172 valence electrons. The van der Waals surface area contributed by atoms with Gasteiger partial charge in [-0.05, 0) is 81.2 Å². The predicted octanol–water partition coefficient (Wildman–Crippen LogP) is 5.89. The van der Waals surface area contributed by atoms with Gasteiger partial charge in [0.2, 0.25) is 5.91 Å². The Morgan fingerprint density at radius 1 is 1.18 bits per heavy atom. The number of aryl methyl sites for hydroxylation is 1. The van der Waals surface area contributed by atoms with Gasteiger partial charge >= 0.3 is 0 Å². The molecular formula is C26H29N3O2S2. The van der Waals surface area contributed by atoms with E-state index in [1.807, 2.05) is 49.4 Å². The number of nitrogens with one attached hydrogen (secondary N) is 2. The molecule has 0 radical (unpaired) electrons. The number of fused-ring (bicyclic) bond motifs is 3. The summed E-state index contributed by atoms with van der Waals surface area (Å²) in [4.78, 5) is 30.9. The number of hydrogen-bond acceptors (Lipinski definition) is 5. The Morgan fingerprint density at radius 3 is 2.82 bits per heavy atom. The van der Waals surface area contributed by atoms with Crippen LogP contribution in [0.3, 0.4) is 0 Å². The maximum absolute atomic E-state index is 13.0. The zero-order valence-electron chi connectivity index (χ0n) is 19.0. The zero-order valence-corrected chi connectivity index (χ0v) is 20.6. The summed E-state index contributed by atoms with van der Waals surface area (Å²) >= 11 is 3.03. The third-order valence-corrected chi connectivity index (χ3v) is 9.07. The van der Waals surface area contributed by atoms with Crippen molar-refractivity contribution >= 4 is 50.8 Å². The molecule has 4 unspecified atom stereocenters. The first kappa shape index (κ1) is 22.4. The van der Waals surface area contributed by atoms with Gasteiger partial charge in [-0.1, -0.05) is 18.6 Å². The van der Waals surface area contributed by atoms with Gasteiger partial charge < -0.3 is 10.6 Å². The van der Waals surface area contributed by atoms with Crippen molar-refractivity contribution in [3.63, 3.8) is 0 Å². The number of anilines is 1. The van der Waals surface area contributed by atoms with E-state index in [0.29, 0.717) is 17.2 Å². The number of carbonyl (C=O) groups excluding carboxylic acids is 2. The zero-order chi connectivity index (χ0) is 22.9. The minimum Gasteiger partial charge on any atom is -0.353 e. The summed E-state index contributed by atoms with van der Waals surface area (Å²) in [5.74, 6) is 2.46. The Kier molecular flexibility index (Phi) is 6.43. The van der Waals surface area contributed by atoms with E-state index in [4.69, 9.17) is 0 Å². The minimum absolute atomic E-state index is 0.0384. The molecule has 2 aliphatic carbocycles. The monoisotopic (exact) mass is 479 g/mol.